The van der Waals surface area contributed by atoms with Gasteiger partial charge in [-0.1, -0.05) is 50.8 Å². The third-order valence-corrected chi connectivity index (χ3v) is 6.56. The molecule has 1 aliphatic rings. The van der Waals surface area contributed by atoms with Crippen LogP contribution >= 0.6 is 0 Å². The first-order valence-corrected chi connectivity index (χ1v) is 12.9. The highest BCUT2D eigenvalue weighted by molar-refractivity contribution is 5.68. The molecular formula is C31H35N3O4. The van der Waals surface area contributed by atoms with Gasteiger partial charge < -0.3 is 24.4 Å². The van der Waals surface area contributed by atoms with Gasteiger partial charge >= 0.3 is 6.09 Å². The van der Waals surface area contributed by atoms with Gasteiger partial charge in [0.25, 0.3) is 5.82 Å². The summed E-state index contributed by atoms with van der Waals surface area (Å²) < 4.78 is 17.3. The summed E-state index contributed by atoms with van der Waals surface area (Å²) in [6, 6.07) is 21.7. The largest absolute Gasteiger partial charge is 0.490 e. The molecule has 1 aliphatic carbocycles. The molecule has 1 amide bonds. The first-order valence-electron chi connectivity index (χ1n) is 12.9. The summed E-state index contributed by atoms with van der Waals surface area (Å²) in [5.41, 5.74) is 2.36. The quantitative estimate of drug-likeness (QED) is 0.329. The summed E-state index contributed by atoms with van der Waals surface area (Å²) in [7, 11) is 0. The standard InChI is InChI=1S/C31H35N3O4/c1-30(2,3)38-29(35)34-24-18-27(19-24)37-26-16-12-22(13-17-26)31(4,5)21-10-14-25(15-11-21)36-20-23-8-7-9-28(32-6)33-23/h7-17,24,27H,18-20H2,1-5H3,(H,34,35). The molecule has 0 spiro atoms. The summed E-state index contributed by atoms with van der Waals surface area (Å²) in [5, 5.41) is 2.90. The Kier molecular flexibility index (Phi) is 7.91. The zero-order valence-corrected chi connectivity index (χ0v) is 22.7. The van der Waals surface area contributed by atoms with Gasteiger partial charge in [0.2, 0.25) is 0 Å². The van der Waals surface area contributed by atoms with Crippen molar-refractivity contribution in [3.8, 4) is 11.5 Å². The minimum Gasteiger partial charge on any atom is -0.490 e. The number of carbonyl (C=O) groups excluding carboxylic acids is 1. The summed E-state index contributed by atoms with van der Waals surface area (Å²) in [6.45, 7) is 17.3. The van der Waals surface area contributed by atoms with Crippen LogP contribution in [0.2, 0.25) is 0 Å². The van der Waals surface area contributed by atoms with Crippen LogP contribution in [0.1, 0.15) is 64.3 Å². The van der Waals surface area contributed by atoms with Gasteiger partial charge in [-0.15, -0.1) is 4.98 Å². The average Bonchev–Trinajstić information content (AvgIpc) is 2.86. The summed E-state index contributed by atoms with van der Waals surface area (Å²) in [4.78, 5) is 19.5. The molecule has 1 N–H and O–H groups in total. The molecule has 0 aliphatic heterocycles. The van der Waals surface area contributed by atoms with Crippen molar-refractivity contribution in [3.05, 3.63) is 95.0 Å². The fraction of sp³-hybridized carbons (Fsp3) is 0.387. The number of rotatable bonds is 8. The topological polar surface area (TPSA) is 74.0 Å². The Morgan fingerprint density at radius 2 is 1.55 bits per heavy atom. The Bertz CT molecular complexity index is 1280. The SMILES string of the molecule is [C-]#[N+]c1cccc(COc2ccc(C(C)(C)c3ccc(OC4CC(NC(=O)OC(C)(C)C)C4)cc3)cc2)n1. The number of pyridine rings is 1. The minimum absolute atomic E-state index is 0.0835. The van der Waals surface area contributed by atoms with E-state index in [1.807, 2.05) is 57.2 Å². The van der Waals surface area contributed by atoms with E-state index in [0.29, 0.717) is 12.4 Å². The summed E-state index contributed by atoms with van der Waals surface area (Å²) >= 11 is 0. The first-order chi connectivity index (χ1) is 18.0. The molecule has 0 unspecified atom stereocenters. The number of amides is 1. The molecular weight excluding hydrogens is 478 g/mol. The minimum atomic E-state index is -0.500. The maximum absolute atomic E-state index is 11.9. The van der Waals surface area contributed by atoms with Gasteiger partial charge in [-0.2, -0.15) is 0 Å². The second kappa shape index (κ2) is 11.1. The molecule has 3 aromatic rings. The predicted molar refractivity (Wildman–Crippen MR) is 147 cm³/mol. The number of hydrogen-bond donors (Lipinski definition) is 1. The van der Waals surface area contributed by atoms with Crippen molar-refractivity contribution in [1.29, 1.82) is 0 Å². The molecule has 7 heteroatoms. The second-order valence-corrected chi connectivity index (χ2v) is 11.1. The van der Waals surface area contributed by atoms with Gasteiger partial charge in [-0.25, -0.2) is 4.79 Å². The van der Waals surface area contributed by atoms with Crippen LogP contribution in [-0.2, 0) is 16.8 Å². The van der Waals surface area contributed by atoms with E-state index in [0.717, 1.165) is 30.0 Å². The van der Waals surface area contributed by atoms with Crippen LogP contribution in [0.5, 0.6) is 11.5 Å². The lowest BCUT2D eigenvalue weighted by molar-refractivity contribution is 0.0363. The molecule has 2 aromatic carbocycles. The Hall–Kier alpha value is -4.05. The van der Waals surface area contributed by atoms with Crippen molar-refractivity contribution in [2.24, 2.45) is 0 Å². The number of hydrogen-bond acceptors (Lipinski definition) is 5. The molecule has 0 radical (unpaired) electrons. The highest BCUT2D eigenvalue weighted by Gasteiger charge is 2.33. The highest BCUT2D eigenvalue weighted by Crippen LogP contribution is 2.34. The van der Waals surface area contributed by atoms with E-state index < -0.39 is 5.60 Å². The fourth-order valence-electron chi connectivity index (χ4n) is 4.30. The van der Waals surface area contributed by atoms with Crippen LogP contribution in [0.15, 0.2) is 66.7 Å². The third-order valence-electron chi connectivity index (χ3n) is 6.56. The third kappa shape index (κ3) is 7.04. The smallest absolute Gasteiger partial charge is 0.407 e. The number of benzene rings is 2. The molecule has 1 saturated carbocycles. The summed E-state index contributed by atoms with van der Waals surface area (Å²) in [6.07, 6.45) is 1.24. The van der Waals surface area contributed by atoms with Gasteiger partial charge in [0, 0.05) is 24.3 Å². The molecule has 7 nitrogen and oxygen atoms in total. The molecule has 1 aromatic heterocycles. The normalized spacial score (nSPS) is 17.1. The number of nitrogens with zero attached hydrogens (tertiary/aromatic N) is 2. The zero-order valence-electron chi connectivity index (χ0n) is 22.7. The van der Waals surface area contributed by atoms with Crippen molar-refractivity contribution in [2.75, 3.05) is 0 Å². The Morgan fingerprint density at radius 1 is 0.947 bits per heavy atom. The van der Waals surface area contributed by atoms with E-state index in [2.05, 4.69) is 53.3 Å². The maximum atomic E-state index is 11.9. The van der Waals surface area contributed by atoms with Crippen LogP contribution < -0.4 is 14.8 Å². The summed E-state index contributed by atoms with van der Waals surface area (Å²) in [5.74, 6) is 1.94. The molecule has 4 rings (SSSR count). The monoisotopic (exact) mass is 513 g/mol. The van der Waals surface area contributed by atoms with Crippen LogP contribution in [0.25, 0.3) is 4.85 Å². The molecule has 1 fully saturated rings. The van der Waals surface area contributed by atoms with Crippen molar-refractivity contribution in [2.45, 2.75) is 77.2 Å². The maximum Gasteiger partial charge on any atom is 0.407 e. The van der Waals surface area contributed by atoms with Crippen molar-refractivity contribution in [1.82, 2.24) is 10.3 Å². The molecule has 0 atom stereocenters. The molecule has 198 valence electrons. The Morgan fingerprint density at radius 3 is 2.13 bits per heavy atom. The number of carbonyl (C=O) groups is 1. The van der Waals surface area contributed by atoms with Crippen molar-refractivity contribution in [3.63, 3.8) is 0 Å². The van der Waals surface area contributed by atoms with Crippen LogP contribution in [0, 0.1) is 6.57 Å². The van der Waals surface area contributed by atoms with E-state index >= 15 is 0 Å². The van der Waals surface area contributed by atoms with Gasteiger partial charge in [-0.3, -0.25) is 0 Å². The zero-order chi connectivity index (χ0) is 27.3. The number of nitrogens with one attached hydrogen (secondary N) is 1. The van der Waals surface area contributed by atoms with E-state index in [9.17, 15) is 4.79 Å². The molecule has 0 bridgehead atoms. The van der Waals surface area contributed by atoms with Gasteiger partial charge in [0.1, 0.15) is 23.2 Å². The molecule has 0 saturated heterocycles. The van der Waals surface area contributed by atoms with E-state index in [1.54, 1.807) is 6.07 Å². The lowest BCUT2D eigenvalue weighted by atomic mass is 9.78. The van der Waals surface area contributed by atoms with Gasteiger partial charge in [0.05, 0.1) is 0 Å². The fourth-order valence-corrected chi connectivity index (χ4v) is 4.30. The van der Waals surface area contributed by atoms with E-state index in [-0.39, 0.29) is 23.7 Å². The van der Waals surface area contributed by atoms with Crippen LogP contribution in [-0.4, -0.2) is 28.8 Å². The van der Waals surface area contributed by atoms with Gasteiger partial charge in [-0.05, 0) is 68.3 Å². The van der Waals surface area contributed by atoms with Crippen LogP contribution in [0.4, 0.5) is 10.6 Å². The van der Waals surface area contributed by atoms with Crippen molar-refractivity contribution < 1.29 is 19.0 Å². The Labute approximate surface area is 225 Å². The van der Waals surface area contributed by atoms with E-state index in [4.69, 9.17) is 20.8 Å². The van der Waals surface area contributed by atoms with E-state index in [1.165, 1.54) is 11.1 Å². The van der Waals surface area contributed by atoms with Crippen molar-refractivity contribution >= 4 is 11.9 Å². The highest BCUT2D eigenvalue weighted by atomic mass is 16.6. The number of ether oxygens (including phenoxy) is 3. The average molecular weight is 514 g/mol. The predicted octanol–water partition coefficient (Wildman–Crippen LogP) is 6.97. The lowest BCUT2D eigenvalue weighted by Crippen LogP contribution is -2.50. The second-order valence-electron chi connectivity index (χ2n) is 11.1. The van der Waals surface area contributed by atoms with Crippen LogP contribution in [0.3, 0.4) is 0 Å². The number of aromatic nitrogens is 1. The molecule has 38 heavy (non-hydrogen) atoms. The van der Waals surface area contributed by atoms with Gasteiger partial charge in [0.15, 0.2) is 12.3 Å². The Balaban J connectivity index is 1.28. The lowest BCUT2D eigenvalue weighted by Gasteiger charge is -2.36. The molecule has 1 heterocycles. The first kappa shape index (κ1) is 27.0. The number of alkyl carbamates (subject to hydrolysis) is 1.